The highest BCUT2D eigenvalue weighted by Gasteiger charge is 2.25. The molecule has 1 heterocycles. The van der Waals surface area contributed by atoms with E-state index in [-0.39, 0.29) is 11.7 Å². The summed E-state index contributed by atoms with van der Waals surface area (Å²) in [4.78, 5) is 2.28. The summed E-state index contributed by atoms with van der Waals surface area (Å²) >= 11 is 0. The lowest BCUT2D eigenvalue weighted by molar-refractivity contribution is 0.293. The van der Waals surface area contributed by atoms with Gasteiger partial charge in [0.2, 0.25) is 0 Å². The maximum atomic E-state index is 14.0. The lowest BCUT2D eigenvalue weighted by atomic mass is 9.95. The monoisotopic (exact) mass is 279 g/mol. The number of nitrogens with two attached hydrogens (primary N) is 1. The van der Waals surface area contributed by atoms with E-state index in [1.807, 2.05) is 0 Å². The maximum absolute atomic E-state index is 14.0. The lowest BCUT2D eigenvalue weighted by Gasteiger charge is -2.18. The van der Waals surface area contributed by atoms with Crippen molar-refractivity contribution in [1.82, 2.24) is 4.90 Å². The van der Waals surface area contributed by atoms with Gasteiger partial charge < -0.3 is 10.9 Å². The number of amidine groups is 1. The fourth-order valence-corrected chi connectivity index (χ4v) is 2.68. The predicted octanol–water partition coefficient (Wildman–Crippen LogP) is 2.40. The Bertz CT molecular complexity index is 502. The van der Waals surface area contributed by atoms with E-state index in [1.54, 1.807) is 12.1 Å². The first kappa shape index (κ1) is 14.8. The average Bonchev–Trinajstić information content (AvgIpc) is 2.89. The van der Waals surface area contributed by atoms with Gasteiger partial charge in [0.15, 0.2) is 5.84 Å². The van der Waals surface area contributed by atoms with Crippen LogP contribution in [0.2, 0.25) is 0 Å². The van der Waals surface area contributed by atoms with Gasteiger partial charge in [-0.2, -0.15) is 0 Å². The summed E-state index contributed by atoms with van der Waals surface area (Å²) < 4.78 is 14.0. The van der Waals surface area contributed by atoms with Crippen LogP contribution in [-0.4, -0.2) is 29.0 Å². The van der Waals surface area contributed by atoms with Gasteiger partial charge in [0.1, 0.15) is 5.82 Å². The molecule has 1 unspecified atom stereocenters. The number of benzene rings is 1. The molecule has 1 aliphatic heterocycles. The second-order valence-corrected chi connectivity index (χ2v) is 5.82. The van der Waals surface area contributed by atoms with Crippen molar-refractivity contribution in [3.05, 3.63) is 35.1 Å². The van der Waals surface area contributed by atoms with E-state index in [4.69, 9.17) is 10.9 Å². The summed E-state index contributed by atoms with van der Waals surface area (Å²) in [6.45, 7) is 7.13. The summed E-state index contributed by atoms with van der Waals surface area (Å²) in [7, 11) is 0. The summed E-state index contributed by atoms with van der Waals surface area (Å²) in [5, 5.41) is 11.5. The number of halogens is 1. The number of likely N-dealkylation sites (tertiary alicyclic amines) is 1. The molecule has 1 aromatic carbocycles. The van der Waals surface area contributed by atoms with Crippen LogP contribution in [0.3, 0.4) is 0 Å². The summed E-state index contributed by atoms with van der Waals surface area (Å²) in [6.07, 6.45) is 1.18. The second kappa shape index (κ2) is 6.22. The molecule has 0 aromatic heterocycles. The van der Waals surface area contributed by atoms with Crippen molar-refractivity contribution in [3.8, 4) is 0 Å². The van der Waals surface area contributed by atoms with Crippen molar-refractivity contribution in [2.45, 2.75) is 26.8 Å². The van der Waals surface area contributed by atoms with E-state index < -0.39 is 0 Å². The van der Waals surface area contributed by atoms with Crippen LogP contribution in [0.4, 0.5) is 4.39 Å². The molecule has 0 amide bonds. The van der Waals surface area contributed by atoms with Crippen LogP contribution < -0.4 is 5.73 Å². The van der Waals surface area contributed by atoms with Gasteiger partial charge in [-0.15, -0.1) is 0 Å². The summed E-state index contributed by atoms with van der Waals surface area (Å²) in [6, 6.07) is 4.72. The molecule has 0 saturated carbocycles. The van der Waals surface area contributed by atoms with Crippen LogP contribution in [0.5, 0.6) is 0 Å². The molecule has 1 fully saturated rings. The fraction of sp³-hybridized carbons (Fsp3) is 0.533. The normalized spacial score (nSPS) is 20.8. The quantitative estimate of drug-likeness (QED) is 0.385. The van der Waals surface area contributed by atoms with Crippen LogP contribution in [-0.2, 0) is 6.54 Å². The fourth-order valence-electron chi connectivity index (χ4n) is 2.68. The minimum Gasteiger partial charge on any atom is -0.409 e. The Labute approximate surface area is 119 Å². The highest BCUT2D eigenvalue weighted by molar-refractivity contribution is 5.97. The van der Waals surface area contributed by atoms with Crippen molar-refractivity contribution in [1.29, 1.82) is 0 Å². The third-order valence-electron chi connectivity index (χ3n) is 4.10. The van der Waals surface area contributed by atoms with Crippen LogP contribution >= 0.6 is 0 Å². The van der Waals surface area contributed by atoms with Crippen molar-refractivity contribution < 1.29 is 9.60 Å². The Morgan fingerprint density at radius 3 is 2.85 bits per heavy atom. The molecule has 0 aliphatic carbocycles. The number of oxime groups is 1. The van der Waals surface area contributed by atoms with E-state index in [0.717, 1.165) is 13.1 Å². The maximum Gasteiger partial charge on any atom is 0.170 e. The first-order valence-electron chi connectivity index (χ1n) is 7.00. The van der Waals surface area contributed by atoms with Crippen LogP contribution in [0.25, 0.3) is 0 Å². The minimum atomic E-state index is -0.304. The van der Waals surface area contributed by atoms with E-state index in [1.165, 1.54) is 12.5 Å². The summed E-state index contributed by atoms with van der Waals surface area (Å²) in [5.74, 6) is 1.00. The molecule has 0 radical (unpaired) electrons. The van der Waals surface area contributed by atoms with Gasteiger partial charge in [0.05, 0.1) is 0 Å². The Balaban J connectivity index is 2.04. The Morgan fingerprint density at radius 1 is 1.55 bits per heavy atom. The molecule has 1 saturated heterocycles. The predicted molar refractivity (Wildman–Crippen MR) is 77.1 cm³/mol. The first-order valence-corrected chi connectivity index (χ1v) is 7.00. The SMILES string of the molecule is CC(C)C1CCN(Cc2ccc(/C(N)=N/O)cc2F)C1. The molecule has 0 bridgehead atoms. The molecular weight excluding hydrogens is 257 g/mol. The van der Waals surface area contributed by atoms with Crippen LogP contribution in [0, 0.1) is 17.7 Å². The lowest BCUT2D eigenvalue weighted by Crippen LogP contribution is -2.22. The van der Waals surface area contributed by atoms with Crippen LogP contribution in [0.15, 0.2) is 23.4 Å². The first-order chi connectivity index (χ1) is 9.51. The zero-order valence-corrected chi connectivity index (χ0v) is 12.0. The molecule has 20 heavy (non-hydrogen) atoms. The van der Waals surface area contributed by atoms with Gasteiger partial charge in [-0.05, 0) is 30.9 Å². The number of hydrogen-bond acceptors (Lipinski definition) is 3. The van der Waals surface area contributed by atoms with Gasteiger partial charge in [-0.1, -0.05) is 31.1 Å². The van der Waals surface area contributed by atoms with Gasteiger partial charge in [-0.25, -0.2) is 4.39 Å². The number of rotatable bonds is 4. The zero-order chi connectivity index (χ0) is 14.7. The smallest absolute Gasteiger partial charge is 0.170 e. The number of hydrogen-bond donors (Lipinski definition) is 2. The van der Waals surface area contributed by atoms with Crippen molar-refractivity contribution in [3.63, 3.8) is 0 Å². The van der Waals surface area contributed by atoms with Crippen molar-refractivity contribution in [2.75, 3.05) is 13.1 Å². The third-order valence-corrected chi connectivity index (χ3v) is 4.10. The highest BCUT2D eigenvalue weighted by Crippen LogP contribution is 2.25. The molecule has 2 rings (SSSR count). The molecular formula is C15H22FN3O. The standard InChI is InChI=1S/C15H22FN3O/c1-10(2)12-5-6-19(8-12)9-13-4-3-11(7-14(13)16)15(17)18-20/h3-4,7,10,12,20H,5-6,8-9H2,1-2H3,(H2,17,18). The Kier molecular flexibility index (Phi) is 4.60. The Morgan fingerprint density at radius 2 is 2.30 bits per heavy atom. The van der Waals surface area contributed by atoms with Crippen molar-refractivity contribution in [2.24, 2.45) is 22.7 Å². The van der Waals surface area contributed by atoms with Crippen LogP contribution in [0.1, 0.15) is 31.4 Å². The average molecular weight is 279 g/mol. The zero-order valence-electron chi connectivity index (χ0n) is 12.0. The second-order valence-electron chi connectivity index (χ2n) is 5.82. The largest absolute Gasteiger partial charge is 0.409 e. The van der Waals surface area contributed by atoms with E-state index >= 15 is 0 Å². The van der Waals surface area contributed by atoms with E-state index in [9.17, 15) is 4.39 Å². The van der Waals surface area contributed by atoms with Gasteiger partial charge in [0.25, 0.3) is 0 Å². The molecule has 1 aliphatic rings. The van der Waals surface area contributed by atoms with E-state index in [0.29, 0.717) is 29.5 Å². The highest BCUT2D eigenvalue weighted by atomic mass is 19.1. The molecule has 4 nitrogen and oxygen atoms in total. The molecule has 1 atom stereocenters. The number of nitrogens with zero attached hydrogens (tertiary/aromatic N) is 2. The van der Waals surface area contributed by atoms with Gasteiger partial charge in [-0.3, -0.25) is 4.90 Å². The topological polar surface area (TPSA) is 61.8 Å². The minimum absolute atomic E-state index is 0.0727. The van der Waals surface area contributed by atoms with Crippen molar-refractivity contribution >= 4 is 5.84 Å². The Hall–Kier alpha value is -1.62. The van der Waals surface area contributed by atoms with Gasteiger partial charge in [0, 0.05) is 24.2 Å². The molecule has 1 aromatic rings. The third kappa shape index (κ3) is 3.28. The van der Waals surface area contributed by atoms with E-state index in [2.05, 4.69) is 23.9 Å². The summed E-state index contributed by atoms with van der Waals surface area (Å²) in [5.41, 5.74) is 6.51. The van der Waals surface area contributed by atoms with Gasteiger partial charge >= 0.3 is 0 Å². The molecule has 110 valence electrons. The molecule has 5 heteroatoms. The molecule has 3 N–H and O–H groups in total. The molecule has 0 spiro atoms.